The van der Waals surface area contributed by atoms with Crippen molar-refractivity contribution in [2.75, 3.05) is 17.2 Å². The number of amides is 3. The fraction of sp³-hybridized carbons (Fsp3) is 0.423. The Hall–Kier alpha value is -3.66. The number of nitrogens with zero attached hydrogens (tertiary/aromatic N) is 3. The van der Waals surface area contributed by atoms with Crippen LogP contribution in [0.5, 0.6) is 0 Å². The summed E-state index contributed by atoms with van der Waals surface area (Å²) in [5.74, 6) is -0.996. The first kappa shape index (κ1) is 26.4. The third kappa shape index (κ3) is 6.37. The molecular weight excluding hydrogens is 498 g/mol. The smallest absolute Gasteiger partial charge is 0.407 e. The van der Waals surface area contributed by atoms with Crippen molar-refractivity contribution in [3.63, 3.8) is 0 Å². The van der Waals surface area contributed by atoms with Gasteiger partial charge in [0.15, 0.2) is 5.58 Å². The van der Waals surface area contributed by atoms with Crippen LogP contribution in [0, 0.1) is 11.3 Å². The number of anilines is 2. The van der Waals surface area contributed by atoms with Crippen LogP contribution in [-0.2, 0) is 4.79 Å². The minimum atomic E-state index is -0.940. The number of nitrogens with one attached hydrogen (secondary N) is 2. The number of furan rings is 1. The van der Waals surface area contributed by atoms with Crippen molar-refractivity contribution in [1.82, 2.24) is 14.9 Å². The number of pyridine rings is 2. The zero-order chi connectivity index (χ0) is 26.7. The van der Waals surface area contributed by atoms with Gasteiger partial charge < -0.3 is 25.1 Å². The molecule has 11 heteroatoms. The normalized spacial score (nSPS) is 17.8. The fourth-order valence-electron chi connectivity index (χ4n) is 4.57. The number of carboxylic acid groups (broad SMARTS) is 1. The molecule has 0 aromatic carbocycles. The van der Waals surface area contributed by atoms with Crippen molar-refractivity contribution in [3.05, 3.63) is 47.4 Å². The van der Waals surface area contributed by atoms with E-state index in [4.69, 9.17) is 16.0 Å². The monoisotopic (exact) mass is 527 g/mol. The van der Waals surface area contributed by atoms with Crippen LogP contribution in [-0.4, -0.2) is 50.5 Å². The predicted molar refractivity (Wildman–Crippen MR) is 140 cm³/mol. The van der Waals surface area contributed by atoms with Gasteiger partial charge in [-0.1, -0.05) is 32.4 Å². The van der Waals surface area contributed by atoms with Crippen molar-refractivity contribution in [2.45, 2.75) is 52.5 Å². The van der Waals surface area contributed by atoms with Crippen LogP contribution in [0.15, 0.2) is 41.1 Å². The van der Waals surface area contributed by atoms with E-state index in [0.29, 0.717) is 48.4 Å². The molecule has 3 heterocycles. The van der Waals surface area contributed by atoms with Crippen molar-refractivity contribution in [2.24, 2.45) is 11.3 Å². The summed E-state index contributed by atoms with van der Waals surface area (Å²) < 4.78 is 5.75. The van der Waals surface area contributed by atoms with E-state index in [0.717, 1.165) is 0 Å². The summed E-state index contributed by atoms with van der Waals surface area (Å²) >= 11 is 5.86. The quantitative estimate of drug-likeness (QED) is 0.376. The summed E-state index contributed by atoms with van der Waals surface area (Å²) in [5, 5.41) is 15.6. The summed E-state index contributed by atoms with van der Waals surface area (Å²) in [6.45, 7) is 6.43. The minimum absolute atomic E-state index is 0.0882. The summed E-state index contributed by atoms with van der Waals surface area (Å²) in [4.78, 5) is 48.0. The van der Waals surface area contributed by atoms with Gasteiger partial charge in [-0.3, -0.25) is 14.6 Å². The third-order valence-corrected chi connectivity index (χ3v) is 6.49. The van der Waals surface area contributed by atoms with E-state index in [1.165, 1.54) is 11.1 Å². The summed E-state index contributed by atoms with van der Waals surface area (Å²) in [6.07, 6.45) is 4.25. The molecule has 0 saturated heterocycles. The first-order valence-corrected chi connectivity index (χ1v) is 12.5. The number of hydrogen-bond donors (Lipinski definition) is 3. The van der Waals surface area contributed by atoms with Crippen molar-refractivity contribution in [3.8, 4) is 0 Å². The molecule has 3 aromatic heterocycles. The Labute approximate surface area is 219 Å². The second kappa shape index (κ2) is 10.8. The van der Waals surface area contributed by atoms with Crippen molar-refractivity contribution < 1.29 is 23.9 Å². The number of aromatic nitrogens is 2. The first-order valence-electron chi connectivity index (χ1n) is 12.1. The predicted octanol–water partition coefficient (Wildman–Crippen LogP) is 5.65. The van der Waals surface area contributed by atoms with Gasteiger partial charge in [-0.15, -0.1) is 0 Å². The maximum Gasteiger partial charge on any atom is 0.407 e. The molecule has 0 bridgehead atoms. The topological polar surface area (TPSA) is 138 Å². The molecule has 0 radical (unpaired) electrons. The van der Waals surface area contributed by atoms with Gasteiger partial charge in [-0.05, 0) is 55.4 Å². The summed E-state index contributed by atoms with van der Waals surface area (Å²) in [7, 11) is 0. The van der Waals surface area contributed by atoms with E-state index in [1.807, 2.05) is 20.8 Å². The lowest BCUT2D eigenvalue weighted by molar-refractivity contribution is -0.121. The van der Waals surface area contributed by atoms with E-state index in [-0.39, 0.29) is 40.5 Å². The Kier molecular flexibility index (Phi) is 7.68. The van der Waals surface area contributed by atoms with Crippen molar-refractivity contribution in [1.29, 1.82) is 0 Å². The highest BCUT2D eigenvalue weighted by Gasteiger charge is 2.34. The lowest BCUT2D eigenvalue weighted by atomic mass is 9.84. The molecule has 3 amide bonds. The van der Waals surface area contributed by atoms with Gasteiger partial charge in [-0.2, -0.15) is 0 Å². The van der Waals surface area contributed by atoms with E-state index in [2.05, 4.69) is 20.6 Å². The van der Waals surface area contributed by atoms with Gasteiger partial charge in [0.05, 0.1) is 5.02 Å². The number of fused-ring (bicyclic) bond motifs is 1. The third-order valence-electron chi connectivity index (χ3n) is 6.27. The molecule has 1 fully saturated rings. The average molecular weight is 528 g/mol. The summed E-state index contributed by atoms with van der Waals surface area (Å²) in [6, 6.07) is 6.35. The Balaban J connectivity index is 1.48. The van der Waals surface area contributed by atoms with Crippen LogP contribution >= 0.6 is 11.6 Å². The maximum atomic E-state index is 13.2. The Bertz CT molecular complexity index is 1290. The van der Waals surface area contributed by atoms with Crippen LogP contribution < -0.4 is 10.6 Å². The second-order valence-electron chi connectivity index (χ2n) is 10.4. The molecule has 3 aromatic rings. The number of hydrogen-bond acceptors (Lipinski definition) is 6. The van der Waals surface area contributed by atoms with Crippen LogP contribution in [0.1, 0.15) is 57.0 Å². The van der Waals surface area contributed by atoms with E-state index in [1.54, 1.807) is 30.5 Å². The maximum absolute atomic E-state index is 13.2. The van der Waals surface area contributed by atoms with Gasteiger partial charge in [-0.25, -0.2) is 9.78 Å². The van der Waals surface area contributed by atoms with Gasteiger partial charge in [0.2, 0.25) is 11.7 Å². The van der Waals surface area contributed by atoms with Crippen molar-refractivity contribution >= 4 is 52.1 Å². The van der Waals surface area contributed by atoms with Gasteiger partial charge in [0, 0.05) is 30.9 Å². The number of halogens is 1. The molecule has 4 rings (SSSR count). The molecule has 10 nitrogen and oxygen atoms in total. The number of carbonyl (C=O) groups is 3. The van der Waals surface area contributed by atoms with E-state index >= 15 is 0 Å². The van der Waals surface area contributed by atoms with Crippen LogP contribution in [0.3, 0.4) is 0 Å². The largest absolute Gasteiger partial charge is 0.465 e. The number of rotatable bonds is 6. The van der Waals surface area contributed by atoms with Crippen LogP contribution in [0.25, 0.3) is 11.1 Å². The highest BCUT2D eigenvalue weighted by Crippen LogP contribution is 2.34. The zero-order valence-corrected chi connectivity index (χ0v) is 21.7. The lowest BCUT2D eigenvalue weighted by Crippen LogP contribution is -2.46. The molecule has 0 atom stereocenters. The SMILES string of the molecule is CC(C)(C)CN(C(=O)O)[C@H]1CC[C@H](C(=O)Nc2c(C(=O)Nc3ccc(Cl)cn3)oc3cccnc23)CC1. The van der Waals surface area contributed by atoms with Gasteiger partial charge in [0.25, 0.3) is 5.91 Å². The van der Waals surface area contributed by atoms with Gasteiger partial charge in [0.1, 0.15) is 17.0 Å². The van der Waals surface area contributed by atoms with Crippen LogP contribution in [0.4, 0.5) is 16.3 Å². The Morgan fingerprint density at radius 1 is 1.11 bits per heavy atom. The molecule has 1 saturated carbocycles. The standard InChI is InChI=1S/C26H30ClN5O5/c1-26(2,3)14-32(25(35)36)17-9-6-15(7-10-17)23(33)31-21-20-18(5-4-12-28-20)37-22(21)24(34)30-19-11-8-16(27)13-29-19/h4-5,8,11-13,15,17H,6-7,9-10,14H2,1-3H3,(H,31,33)(H,35,36)(H,29,30,34)/t15-,17-. The molecule has 0 aliphatic heterocycles. The minimum Gasteiger partial charge on any atom is -0.465 e. The molecule has 1 aliphatic carbocycles. The highest BCUT2D eigenvalue weighted by molar-refractivity contribution is 6.30. The van der Waals surface area contributed by atoms with E-state index in [9.17, 15) is 19.5 Å². The number of carbonyl (C=O) groups excluding carboxylic acids is 2. The molecule has 0 unspecified atom stereocenters. The molecule has 37 heavy (non-hydrogen) atoms. The highest BCUT2D eigenvalue weighted by atomic mass is 35.5. The van der Waals surface area contributed by atoms with Gasteiger partial charge >= 0.3 is 6.09 Å². The van der Waals surface area contributed by atoms with Crippen LogP contribution in [0.2, 0.25) is 5.02 Å². The van der Waals surface area contributed by atoms with E-state index < -0.39 is 12.0 Å². The lowest BCUT2D eigenvalue weighted by Gasteiger charge is -2.38. The molecular formula is C26H30ClN5O5. The average Bonchev–Trinajstić information content (AvgIpc) is 3.22. The molecule has 3 N–H and O–H groups in total. The second-order valence-corrected chi connectivity index (χ2v) is 10.9. The zero-order valence-electron chi connectivity index (χ0n) is 21.0. The summed E-state index contributed by atoms with van der Waals surface area (Å²) in [5.41, 5.74) is 0.741. The molecule has 0 spiro atoms. The fourth-order valence-corrected chi connectivity index (χ4v) is 4.68. The molecule has 1 aliphatic rings. The molecule has 196 valence electrons. The Morgan fingerprint density at radius 3 is 2.46 bits per heavy atom. The first-order chi connectivity index (χ1) is 17.5. The Morgan fingerprint density at radius 2 is 1.84 bits per heavy atom.